The zero-order valence-corrected chi connectivity index (χ0v) is 8.04. The van der Waals surface area contributed by atoms with E-state index in [2.05, 4.69) is 15.4 Å². The van der Waals surface area contributed by atoms with Gasteiger partial charge in [0.25, 0.3) is 0 Å². The molecule has 6 nitrogen and oxygen atoms in total. The van der Waals surface area contributed by atoms with Gasteiger partial charge in [-0.3, -0.25) is 4.79 Å². The highest BCUT2D eigenvalue weighted by Gasteiger charge is 2.28. The number of cyclic esters (lactones) is 1. The molecule has 0 bridgehead atoms. The summed E-state index contributed by atoms with van der Waals surface area (Å²) in [6, 6.07) is -0.551. The van der Waals surface area contributed by atoms with Crippen LogP contribution in [0.15, 0.2) is 0 Å². The first-order valence-corrected chi connectivity index (χ1v) is 4.44. The number of ether oxygens (including phenoxy) is 2. The summed E-state index contributed by atoms with van der Waals surface area (Å²) in [7, 11) is 1.60. The van der Waals surface area contributed by atoms with Gasteiger partial charge in [0, 0.05) is 20.3 Å². The monoisotopic (exact) mass is 202 g/mol. The molecular weight excluding hydrogens is 188 g/mol. The van der Waals surface area contributed by atoms with Crippen LogP contribution < -0.4 is 10.6 Å². The van der Waals surface area contributed by atoms with Crippen molar-refractivity contribution in [3.63, 3.8) is 0 Å². The van der Waals surface area contributed by atoms with Crippen molar-refractivity contribution in [3.05, 3.63) is 0 Å². The summed E-state index contributed by atoms with van der Waals surface area (Å²) >= 11 is 0. The zero-order chi connectivity index (χ0) is 10.4. The van der Waals surface area contributed by atoms with Crippen molar-refractivity contribution in [2.45, 2.75) is 12.5 Å². The number of amides is 2. The van der Waals surface area contributed by atoms with Gasteiger partial charge in [0.2, 0.25) is 5.91 Å². The third-order valence-corrected chi connectivity index (χ3v) is 1.81. The van der Waals surface area contributed by atoms with Gasteiger partial charge < -0.3 is 20.1 Å². The Morgan fingerprint density at radius 3 is 3.14 bits per heavy atom. The van der Waals surface area contributed by atoms with Crippen LogP contribution in [0.2, 0.25) is 0 Å². The van der Waals surface area contributed by atoms with Crippen molar-refractivity contribution >= 4 is 12.0 Å². The molecule has 2 amide bonds. The van der Waals surface area contributed by atoms with E-state index < -0.39 is 12.1 Å². The number of carbonyl (C=O) groups excluding carboxylic acids is 2. The quantitative estimate of drug-likeness (QED) is 0.575. The summed E-state index contributed by atoms with van der Waals surface area (Å²) in [5.41, 5.74) is 0. The fourth-order valence-corrected chi connectivity index (χ4v) is 1.08. The first-order valence-electron chi connectivity index (χ1n) is 4.44. The van der Waals surface area contributed by atoms with Crippen LogP contribution in [0.3, 0.4) is 0 Å². The fourth-order valence-electron chi connectivity index (χ4n) is 1.08. The van der Waals surface area contributed by atoms with E-state index in [1.165, 1.54) is 0 Å². The first kappa shape index (κ1) is 10.8. The smallest absolute Gasteiger partial charge is 0.407 e. The Kier molecular flexibility index (Phi) is 4.18. The largest absolute Gasteiger partial charge is 0.447 e. The number of hydrogen-bond donors (Lipinski definition) is 2. The fraction of sp³-hybridized carbons (Fsp3) is 0.750. The lowest BCUT2D eigenvalue weighted by Crippen LogP contribution is -2.43. The van der Waals surface area contributed by atoms with Gasteiger partial charge in [0.1, 0.15) is 12.6 Å². The van der Waals surface area contributed by atoms with E-state index >= 15 is 0 Å². The van der Waals surface area contributed by atoms with E-state index in [4.69, 9.17) is 4.74 Å². The van der Waals surface area contributed by atoms with Gasteiger partial charge in [-0.15, -0.1) is 0 Å². The number of carbonyl (C=O) groups is 2. The van der Waals surface area contributed by atoms with Crippen LogP contribution in [-0.2, 0) is 14.3 Å². The molecule has 1 aliphatic heterocycles. The molecule has 0 saturated carbocycles. The molecule has 1 rings (SSSR count). The Morgan fingerprint density at radius 2 is 2.57 bits per heavy atom. The summed E-state index contributed by atoms with van der Waals surface area (Å²) in [6.45, 7) is 1.25. The van der Waals surface area contributed by atoms with Crippen molar-refractivity contribution in [2.24, 2.45) is 0 Å². The predicted molar refractivity (Wildman–Crippen MR) is 47.8 cm³/mol. The second-order valence-corrected chi connectivity index (χ2v) is 2.93. The normalized spacial score (nSPS) is 20.1. The molecular formula is C8H14N2O4. The van der Waals surface area contributed by atoms with E-state index in [1.54, 1.807) is 7.11 Å². The molecule has 1 aliphatic rings. The number of alkyl carbamates (subject to hydrolysis) is 1. The third kappa shape index (κ3) is 3.21. The highest BCUT2D eigenvalue weighted by molar-refractivity contribution is 5.87. The molecule has 0 aromatic carbocycles. The van der Waals surface area contributed by atoms with E-state index in [0.29, 0.717) is 13.2 Å². The molecule has 0 aromatic heterocycles. The minimum Gasteiger partial charge on any atom is -0.447 e. The Labute approximate surface area is 81.9 Å². The topological polar surface area (TPSA) is 76.7 Å². The highest BCUT2D eigenvalue weighted by atomic mass is 16.6. The van der Waals surface area contributed by atoms with Crippen LogP contribution in [-0.4, -0.2) is 44.9 Å². The number of rotatable bonds is 5. The molecule has 80 valence electrons. The number of methoxy groups -OCH3 is 1. The lowest BCUT2D eigenvalue weighted by atomic mass is 10.3. The first-order chi connectivity index (χ1) is 6.74. The van der Waals surface area contributed by atoms with E-state index in [1.807, 2.05) is 0 Å². The van der Waals surface area contributed by atoms with Crippen LogP contribution in [0.1, 0.15) is 6.42 Å². The van der Waals surface area contributed by atoms with Crippen LogP contribution in [0, 0.1) is 0 Å². The minimum atomic E-state index is -0.551. The van der Waals surface area contributed by atoms with Gasteiger partial charge in [0.05, 0.1) is 0 Å². The second-order valence-electron chi connectivity index (χ2n) is 2.93. The molecule has 1 saturated heterocycles. The molecule has 0 spiro atoms. The number of hydrogen-bond acceptors (Lipinski definition) is 4. The van der Waals surface area contributed by atoms with Crippen molar-refractivity contribution in [1.82, 2.24) is 10.6 Å². The SMILES string of the molecule is COCCCNC(=O)C1COC(=O)N1. The van der Waals surface area contributed by atoms with Crippen LogP contribution in [0.5, 0.6) is 0 Å². The lowest BCUT2D eigenvalue weighted by molar-refractivity contribution is -0.122. The average Bonchev–Trinajstić information content (AvgIpc) is 2.59. The average molecular weight is 202 g/mol. The standard InChI is InChI=1S/C8H14N2O4/c1-13-4-2-3-9-7(11)6-5-14-8(12)10-6/h6H,2-5H2,1H3,(H,9,11)(H,10,12). The molecule has 0 radical (unpaired) electrons. The molecule has 1 heterocycles. The van der Waals surface area contributed by atoms with Crippen molar-refractivity contribution in [2.75, 3.05) is 26.9 Å². The molecule has 6 heteroatoms. The molecule has 14 heavy (non-hydrogen) atoms. The summed E-state index contributed by atoms with van der Waals surface area (Å²) in [6.07, 6.45) is 0.214. The highest BCUT2D eigenvalue weighted by Crippen LogP contribution is 1.96. The van der Waals surface area contributed by atoms with Gasteiger partial charge in [-0.2, -0.15) is 0 Å². The predicted octanol–water partition coefficient (Wildman–Crippen LogP) is -0.752. The zero-order valence-electron chi connectivity index (χ0n) is 8.04. The van der Waals surface area contributed by atoms with Crippen LogP contribution >= 0.6 is 0 Å². The van der Waals surface area contributed by atoms with Crippen LogP contribution in [0.4, 0.5) is 4.79 Å². The lowest BCUT2D eigenvalue weighted by Gasteiger charge is -2.08. The molecule has 0 aromatic rings. The Bertz CT molecular complexity index is 219. The molecule has 1 atom stereocenters. The van der Waals surface area contributed by atoms with E-state index in [0.717, 1.165) is 6.42 Å². The van der Waals surface area contributed by atoms with Gasteiger partial charge >= 0.3 is 6.09 Å². The maximum atomic E-state index is 11.3. The van der Waals surface area contributed by atoms with Crippen molar-refractivity contribution in [3.8, 4) is 0 Å². The second kappa shape index (κ2) is 5.43. The van der Waals surface area contributed by atoms with Crippen LogP contribution in [0.25, 0.3) is 0 Å². The summed E-state index contributed by atoms with van der Waals surface area (Å²) < 4.78 is 9.40. The molecule has 2 N–H and O–H groups in total. The Hall–Kier alpha value is -1.30. The summed E-state index contributed by atoms with van der Waals surface area (Å²) in [5.74, 6) is -0.216. The van der Waals surface area contributed by atoms with Gasteiger partial charge in [-0.05, 0) is 6.42 Å². The van der Waals surface area contributed by atoms with Crippen molar-refractivity contribution in [1.29, 1.82) is 0 Å². The van der Waals surface area contributed by atoms with E-state index in [9.17, 15) is 9.59 Å². The summed E-state index contributed by atoms with van der Waals surface area (Å²) in [4.78, 5) is 21.9. The Balaban J connectivity index is 2.12. The maximum Gasteiger partial charge on any atom is 0.407 e. The van der Waals surface area contributed by atoms with Gasteiger partial charge in [-0.1, -0.05) is 0 Å². The maximum absolute atomic E-state index is 11.3. The van der Waals surface area contributed by atoms with Gasteiger partial charge in [-0.25, -0.2) is 4.79 Å². The number of nitrogens with one attached hydrogen (secondary N) is 2. The van der Waals surface area contributed by atoms with E-state index in [-0.39, 0.29) is 12.5 Å². The van der Waals surface area contributed by atoms with Crippen molar-refractivity contribution < 1.29 is 19.1 Å². The third-order valence-electron chi connectivity index (χ3n) is 1.81. The molecule has 1 fully saturated rings. The molecule has 1 unspecified atom stereocenters. The molecule has 0 aliphatic carbocycles. The minimum absolute atomic E-state index is 0.106. The Morgan fingerprint density at radius 1 is 1.79 bits per heavy atom. The van der Waals surface area contributed by atoms with Gasteiger partial charge in [0.15, 0.2) is 0 Å². The summed E-state index contributed by atoms with van der Waals surface area (Å²) in [5, 5.41) is 5.06.